The van der Waals surface area contributed by atoms with Crippen LogP contribution in [-0.2, 0) is 13.1 Å². The molecule has 0 aliphatic carbocycles. The SMILES string of the molecule is O=c1c(O)c(CN2CCNCC2)ccn1Cc1ccc(F)cc1. The summed E-state index contributed by atoms with van der Waals surface area (Å²) in [6.07, 6.45) is 1.68. The second-order valence-corrected chi connectivity index (χ2v) is 5.78. The number of rotatable bonds is 4. The highest BCUT2D eigenvalue weighted by Crippen LogP contribution is 2.15. The van der Waals surface area contributed by atoms with E-state index in [0.717, 1.165) is 31.7 Å². The Labute approximate surface area is 134 Å². The Morgan fingerprint density at radius 1 is 1.09 bits per heavy atom. The summed E-state index contributed by atoms with van der Waals surface area (Å²) in [6, 6.07) is 7.77. The van der Waals surface area contributed by atoms with Crippen molar-refractivity contribution in [1.29, 1.82) is 0 Å². The second-order valence-electron chi connectivity index (χ2n) is 5.78. The summed E-state index contributed by atoms with van der Waals surface area (Å²) in [5, 5.41) is 13.5. The lowest BCUT2D eigenvalue weighted by Crippen LogP contribution is -2.43. The van der Waals surface area contributed by atoms with Gasteiger partial charge in [-0.15, -0.1) is 0 Å². The number of aromatic hydroxyl groups is 1. The van der Waals surface area contributed by atoms with Gasteiger partial charge in [-0.3, -0.25) is 9.69 Å². The molecule has 5 nitrogen and oxygen atoms in total. The van der Waals surface area contributed by atoms with Gasteiger partial charge in [-0.25, -0.2) is 4.39 Å². The van der Waals surface area contributed by atoms with Crippen LogP contribution in [0.2, 0.25) is 0 Å². The molecule has 0 atom stereocenters. The molecule has 2 aromatic rings. The first kappa shape index (κ1) is 15.7. The van der Waals surface area contributed by atoms with Gasteiger partial charge in [0, 0.05) is 44.5 Å². The minimum atomic E-state index is -0.415. The molecule has 1 aliphatic rings. The van der Waals surface area contributed by atoms with Crippen LogP contribution in [0.1, 0.15) is 11.1 Å². The van der Waals surface area contributed by atoms with Crippen LogP contribution in [0, 0.1) is 5.82 Å². The quantitative estimate of drug-likeness (QED) is 0.888. The molecule has 0 radical (unpaired) electrons. The van der Waals surface area contributed by atoms with E-state index in [4.69, 9.17) is 0 Å². The third kappa shape index (κ3) is 3.78. The highest BCUT2D eigenvalue weighted by atomic mass is 19.1. The van der Waals surface area contributed by atoms with Crippen molar-refractivity contribution < 1.29 is 9.50 Å². The molecule has 23 heavy (non-hydrogen) atoms. The molecule has 1 aromatic carbocycles. The lowest BCUT2D eigenvalue weighted by Gasteiger charge is -2.27. The lowest BCUT2D eigenvalue weighted by atomic mass is 10.2. The molecule has 1 aromatic heterocycles. The zero-order valence-corrected chi connectivity index (χ0v) is 12.8. The topological polar surface area (TPSA) is 57.5 Å². The van der Waals surface area contributed by atoms with Crippen LogP contribution in [0.5, 0.6) is 5.75 Å². The number of benzene rings is 1. The van der Waals surface area contributed by atoms with Gasteiger partial charge in [0.05, 0.1) is 6.54 Å². The average Bonchev–Trinajstić information content (AvgIpc) is 2.57. The van der Waals surface area contributed by atoms with Crippen LogP contribution >= 0.6 is 0 Å². The predicted molar refractivity (Wildman–Crippen MR) is 86.0 cm³/mol. The molecule has 3 rings (SSSR count). The Kier molecular flexibility index (Phi) is 4.73. The number of pyridine rings is 1. The van der Waals surface area contributed by atoms with Gasteiger partial charge < -0.3 is 15.0 Å². The highest BCUT2D eigenvalue weighted by molar-refractivity contribution is 5.29. The molecule has 122 valence electrons. The van der Waals surface area contributed by atoms with Gasteiger partial charge in [-0.05, 0) is 23.8 Å². The number of halogens is 1. The molecular weight excluding hydrogens is 297 g/mol. The molecule has 0 saturated carbocycles. The fourth-order valence-electron chi connectivity index (χ4n) is 2.75. The van der Waals surface area contributed by atoms with Crippen LogP contribution in [0.3, 0.4) is 0 Å². The number of hydrogen-bond donors (Lipinski definition) is 2. The van der Waals surface area contributed by atoms with E-state index in [-0.39, 0.29) is 11.6 Å². The Morgan fingerprint density at radius 2 is 1.78 bits per heavy atom. The Bertz CT molecular complexity index is 722. The van der Waals surface area contributed by atoms with Gasteiger partial charge in [-0.1, -0.05) is 12.1 Å². The second kappa shape index (κ2) is 6.93. The van der Waals surface area contributed by atoms with Crippen molar-refractivity contribution in [3.05, 3.63) is 63.8 Å². The Morgan fingerprint density at radius 3 is 2.48 bits per heavy atom. The minimum Gasteiger partial charge on any atom is -0.503 e. The molecule has 2 N–H and O–H groups in total. The van der Waals surface area contributed by atoms with Crippen LogP contribution in [-0.4, -0.2) is 40.8 Å². The standard InChI is InChI=1S/C17H20FN3O2/c18-15-3-1-13(2-4-15)11-21-8-5-14(16(22)17(21)23)12-20-9-6-19-7-10-20/h1-5,8,19,22H,6-7,9-12H2. The fourth-order valence-corrected chi connectivity index (χ4v) is 2.75. The molecule has 2 heterocycles. The maximum Gasteiger partial charge on any atom is 0.293 e. The largest absolute Gasteiger partial charge is 0.503 e. The van der Waals surface area contributed by atoms with Gasteiger partial charge in [0.1, 0.15) is 5.82 Å². The van der Waals surface area contributed by atoms with Gasteiger partial charge in [-0.2, -0.15) is 0 Å². The number of nitrogens with one attached hydrogen (secondary N) is 1. The lowest BCUT2D eigenvalue weighted by molar-refractivity contribution is 0.230. The summed E-state index contributed by atoms with van der Waals surface area (Å²) in [6.45, 7) is 4.52. The van der Waals surface area contributed by atoms with E-state index in [1.54, 1.807) is 24.4 Å². The Hall–Kier alpha value is -2.18. The Balaban J connectivity index is 1.77. The molecular formula is C17H20FN3O2. The van der Waals surface area contributed by atoms with Crippen LogP contribution in [0.4, 0.5) is 4.39 Å². The molecule has 0 unspecified atom stereocenters. The molecule has 1 aliphatic heterocycles. The van der Waals surface area contributed by atoms with Crippen molar-refractivity contribution in [2.24, 2.45) is 0 Å². The first-order chi connectivity index (χ1) is 11.1. The van der Waals surface area contributed by atoms with E-state index < -0.39 is 5.56 Å². The van der Waals surface area contributed by atoms with Crippen molar-refractivity contribution in [2.45, 2.75) is 13.1 Å². The molecule has 1 fully saturated rings. The third-order valence-corrected chi connectivity index (χ3v) is 4.09. The maximum atomic E-state index is 12.9. The third-order valence-electron chi connectivity index (χ3n) is 4.09. The molecule has 0 spiro atoms. The van der Waals surface area contributed by atoms with Gasteiger partial charge in [0.25, 0.3) is 5.56 Å². The van der Waals surface area contributed by atoms with Crippen molar-refractivity contribution in [1.82, 2.24) is 14.8 Å². The zero-order valence-electron chi connectivity index (χ0n) is 12.8. The summed E-state index contributed by atoms with van der Waals surface area (Å²) in [4.78, 5) is 14.5. The van der Waals surface area contributed by atoms with Gasteiger partial charge >= 0.3 is 0 Å². The molecule has 6 heteroatoms. The first-order valence-electron chi connectivity index (χ1n) is 7.72. The summed E-state index contributed by atoms with van der Waals surface area (Å²) in [5.41, 5.74) is 1.04. The van der Waals surface area contributed by atoms with E-state index in [1.165, 1.54) is 16.7 Å². The van der Waals surface area contributed by atoms with E-state index in [0.29, 0.717) is 18.7 Å². The van der Waals surface area contributed by atoms with E-state index >= 15 is 0 Å². The van der Waals surface area contributed by atoms with Crippen molar-refractivity contribution in [2.75, 3.05) is 26.2 Å². The van der Waals surface area contributed by atoms with Crippen LogP contribution in [0.25, 0.3) is 0 Å². The average molecular weight is 317 g/mol. The van der Waals surface area contributed by atoms with Crippen LogP contribution in [0.15, 0.2) is 41.3 Å². The smallest absolute Gasteiger partial charge is 0.293 e. The summed E-state index contributed by atoms with van der Waals surface area (Å²) in [5.74, 6) is -0.511. The number of hydrogen-bond acceptors (Lipinski definition) is 4. The van der Waals surface area contributed by atoms with Crippen molar-refractivity contribution >= 4 is 0 Å². The van der Waals surface area contributed by atoms with Crippen LogP contribution < -0.4 is 10.9 Å². The van der Waals surface area contributed by atoms with Gasteiger partial charge in [0.2, 0.25) is 0 Å². The molecule has 1 saturated heterocycles. The normalized spacial score (nSPS) is 15.7. The monoisotopic (exact) mass is 317 g/mol. The van der Waals surface area contributed by atoms with Gasteiger partial charge in [0.15, 0.2) is 5.75 Å². The van der Waals surface area contributed by atoms with E-state index in [1.807, 2.05) is 0 Å². The summed E-state index contributed by atoms with van der Waals surface area (Å²) >= 11 is 0. The highest BCUT2D eigenvalue weighted by Gasteiger charge is 2.15. The van der Waals surface area contributed by atoms with Crippen molar-refractivity contribution in [3.63, 3.8) is 0 Å². The zero-order chi connectivity index (χ0) is 16.2. The predicted octanol–water partition coefficient (Wildman–Crippen LogP) is 1.15. The number of aromatic nitrogens is 1. The molecule has 0 amide bonds. The summed E-state index contributed by atoms with van der Waals surface area (Å²) < 4.78 is 14.4. The van der Waals surface area contributed by atoms with Crippen molar-refractivity contribution in [3.8, 4) is 5.75 Å². The molecule has 0 bridgehead atoms. The number of piperazine rings is 1. The van der Waals surface area contributed by atoms with E-state index in [2.05, 4.69) is 10.2 Å². The fraction of sp³-hybridized carbons (Fsp3) is 0.353. The maximum absolute atomic E-state index is 12.9. The number of nitrogens with zero attached hydrogens (tertiary/aromatic N) is 2. The minimum absolute atomic E-state index is 0.201. The van der Waals surface area contributed by atoms with E-state index in [9.17, 15) is 14.3 Å². The first-order valence-corrected chi connectivity index (χ1v) is 7.72. The summed E-state index contributed by atoms with van der Waals surface area (Å²) in [7, 11) is 0.